The average molecular weight is 243 g/mol. The van der Waals surface area contributed by atoms with Crippen molar-refractivity contribution in [3.05, 3.63) is 53.3 Å². The van der Waals surface area contributed by atoms with Crippen molar-refractivity contribution >= 4 is 0 Å². The zero-order valence-corrected chi connectivity index (χ0v) is 11.2. The van der Waals surface area contributed by atoms with Gasteiger partial charge >= 0.3 is 0 Å². The predicted molar refractivity (Wildman–Crippen MR) is 74.5 cm³/mol. The van der Waals surface area contributed by atoms with Crippen molar-refractivity contribution < 1.29 is 0 Å². The normalized spacial score (nSPS) is 10.8. The molecule has 0 saturated heterocycles. The van der Waals surface area contributed by atoms with Crippen LogP contribution in [0.2, 0.25) is 0 Å². The monoisotopic (exact) mass is 243 g/mol. The highest BCUT2D eigenvalue weighted by Gasteiger charge is 2.03. The Balaban J connectivity index is 2.07. The van der Waals surface area contributed by atoms with Crippen molar-refractivity contribution in [2.75, 3.05) is 6.54 Å². The lowest BCUT2D eigenvalue weighted by molar-refractivity contribution is 0.647. The van der Waals surface area contributed by atoms with Crippen LogP contribution in [0.5, 0.6) is 0 Å². The fraction of sp³-hybridized carbons (Fsp3) is 0.400. The largest absolute Gasteiger partial charge is 0.313 e. The number of nitrogens with one attached hydrogen (secondary N) is 1. The molecule has 3 heteroatoms. The first-order valence-corrected chi connectivity index (χ1v) is 6.57. The molecule has 0 radical (unpaired) electrons. The van der Waals surface area contributed by atoms with E-state index in [-0.39, 0.29) is 0 Å². The number of benzene rings is 1. The van der Waals surface area contributed by atoms with Crippen LogP contribution in [0.4, 0.5) is 0 Å². The third-order valence-corrected chi connectivity index (χ3v) is 2.97. The molecule has 2 aromatic rings. The van der Waals surface area contributed by atoms with Crippen LogP contribution >= 0.6 is 0 Å². The molecule has 0 amide bonds. The third-order valence-electron chi connectivity index (χ3n) is 2.97. The molecule has 1 aromatic carbocycles. The summed E-state index contributed by atoms with van der Waals surface area (Å²) in [6.07, 6.45) is 3.20. The minimum atomic E-state index is 0.845. The second-order valence-electron chi connectivity index (χ2n) is 4.60. The molecular weight excluding hydrogens is 222 g/mol. The predicted octanol–water partition coefficient (Wildman–Crippen LogP) is 2.74. The Hall–Kier alpha value is -1.61. The molecule has 0 saturated carbocycles. The highest BCUT2D eigenvalue weighted by atomic mass is 15.3. The second-order valence-corrected chi connectivity index (χ2v) is 4.60. The first-order chi connectivity index (χ1) is 8.79. The second kappa shape index (κ2) is 6.36. The Labute approximate surface area is 109 Å². The lowest BCUT2D eigenvalue weighted by Gasteiger charge is -2.10. The first kappa shape index (κ1) is 12.8. The molecule has 0 fully saturated rings. The molecule has 3 nitrogen and oxygen atoms in total. The summed E-state index contributed by atoms with van der Waals surface area (Å²) in [6.45, 7) is 7.05. The van der Waals surface area contributed by atoms with Crippen LogP contribution in [0.25, 0.3) is 0 Å². The van der Waals surface area contributed by atoms with E-state index in [1.165, 1.54) is 17.5 Å². The van der Waals surface area contributed by atoms with Crippen molar-refractivity contribution in [3.63, 3.8) is 0 Å². The van der Waals surface area contributed by atoms with Crippen molar-refractivity contribution in [1.29, 1.82) is 0 Å². The minimum absolute atomic E-state index is 0.845. The van der Waals surface area contributed by atoms with Gasteiger partial charge in [-0.2, -0.15) is 5.10 Å². The van der Waals surface area contributed by atoms with Gasteiger partial charge in [-0.1, -0.05) is 31.2 Å². The van der Waals surface area contributed by atoms with E-state index in [1.807, 2.05) is 23.9 Å². The van der Waals surface area contributed by atoms with Gasteiger partial charge in [0.2, 0.25) is 0 Å². The molecule has 0 aliphatic heterocycles. The molecule has 1 aromatic heterocycles. The van der Waals surface area contributed by atoms with Gasteiger partial charge in [-0.05, 0) is 37.1 Å². The van der Waals surface area contributed by atoms with Gasteiger partial charge < -0.3 is 5.32 Å². The van der Waals surface area contributed by atoms with Crippen LogP contribution in [0.3, 0.4) is 0 Å². The van der Waals surface area contributed by atoms with E-state index < -0.39 is 0 Å². The Morgan fingerprint density at radius 1 is 1.17 bits per heavy atom. The summed E-state index contributed by atoms with van der Waals surface area (Å²) in [7, 11) is 0. The van der Waals surface area contributed by atoms with Gasteiger partial charge in [0.25, 0.3) is 0 Å². The minimum Gasteiger partial charge on any atom is -0.313 e. The van der Waals surface area contributed by atoms with Crippen molar-refractivity contribution in [1.82, 2.24) is 15.1 Å². The summed E-state index contributed by atoms with van der Waals surface area (Å²) in [5.41, 5.74) is 3.76. The number of aryl methyl sites for hydroxylation is 1. The molecule has 0 aliphatic rings. The lowest BCUT2D eigenvalue weighted by atomic mass is 10.1. The Bertz CT molecular complexity index is 488. The smallest absolute Gasteiger partial charge is 0.0662 e. The van der Waals surface area contributed by atoms with Gasteiger partial charge in [0.1, 0.15) is 0 Å². The van der Waals surface area contributed by atoms with E-state index >= 15 is 0 Å². The summed E-state index contributed by atoms with van der Waals surface area (Å²) < 4.78 is 1.99. The Kier molecular flexibility index (Phi) is 4.53. The van der Waals surface area contributed by atoms with E-state index in [2.05, 4.69) is 41.6 Å². The number of hydrogen-bond donors (Lipinski definition) is 1. The van der Waals surface area contributed by atoms with E-state index in [9.17, 15) is 0 Å². The molecule has 0 spiro atoms. The third kappa shape index (κ3) is 3.44. The fourth-order valence-electron chi connectivity index (χ4n) is 2.01. The van der Waals surface area contributed by atoms with Crippen LogP contribution in [0.15, 0.2) is 36.5 Å². The fourth-order valence-corrected chi connectivity index (χ4v) is 2.01. The molecule has 0 atom stereocenters. The SMILES string of the molecule is CCCNCc1ccccc1Cn1ccc(C)n1. The maximum atomic E-state index is 4.44. The van der Waals surface area contributed by atoms with Crippen molar-refractivity contribution in [3.8, 4) is 0 Å². The summed E-state index contributed by atoms with van der Waals surface area (Å²) in [5.74, 6) is 0. The lowest BCUT2D eigenvalue weighted by Crippen LogP contribution is -2.16. The molecule has 96 valence electrons. The van der Waals surface area contributed by atoms with Gasteiger partial charge in [-0.25, -0.2) is 0 Å². The number of aromatic nitrogens is 2. The van der Waals surface area contributed by atoms with Crippen LogP contribution in [-0.2, 0) is 13.1 Å². The first-order valence-electron chi connectivity index (χ1n) is 6.57. The van der Waals surface area contributed by atoms with Crippen molar-refractivity contribution in [2.24, 2.45) is 0 Å². The van der Waals surface area contributed by atoms with E-state index in [0.29, 0.717) is 0 Å². The summed E-state index contributed by atoms with van der Waals surface area (Å²) >= 11 is 0. The zero-order chi connectivity index (χ0) is 12.8. The van der Waals surface area contributed by atoms with Gasteiger partial charge in [-0.3, -0.25) is 4.68 Å². The van der Waals surface area contributed by atoms with Gasteiger partial charge in [0, 0.05) is 12.7 Å². The molecule has 1 N–H and O–H groups in total. The van der Waals surface area contributed by atoms with Crippen molar-refractivity contribution in [2.45, 2.75) is 33.4 Å². The molecule has 1 heterocycles. The number of nitrogens with zero attached hydrogens (tertiary/aromatic N) is 2. The zero-order valence-electron chi connectivity index (χ0n) is 11.2. The summed E-state index contributed by atoms with van der Waals surface area (Å²) in [5, 5.41) is 7.89. The summed E-state index contributed by atoms with van der Waals surface area (Å²) in [4.78, 5) is 0. The van der Waals surface area contributed by atoms with Crippen LogP contribution in [0.1, 0.15) is 30.2 Å². The molecular formula is C15H21N3. The van der Waals surface area contributed by atoms with E-state index in [4.69, 9.17) is 0 Å². The average Bonchev–Trinajstić information content (AvgIpc) is 2.77. The van der Waals surface area contributed by atoms with Gasteiger partial charge in [0.15, 0.2) is 0 Å². The van der Waals surface area contributed by atoms with Gasteiger partial charge in [0.05, 0.1) is 12.2 Å². The molecule has 18 heavy (non-hydrogen) atoms. The maximum absolute atomic E-state index is 4.44. The van der Waals surface area contributed by atoms with Crippen LogP contribution in [0, 0.1) is 6.92 Å². The Morgan fingerprint density at radius 2 is 1.94 bits per heavy atom. The Morgan fingerprint density at radius 3 is 2.61 bits per heavy atom. The van der Waals surface area contributed by atoms with Gasteiger partial charge in [-0.15, -0.1) is 0 Å². The van der Waals surface area contributed by atoms with E-state index in [1.54, 1.807) is 0 Å². The van der Waals surface area contributed by atoms with Crippen LogP contribution in [-0.4, -0.2) is 16.3 Å². The number of rotatable bonds is 6. The molecule has 0 bridgehead atoms. The highest BCUT2D eigenvalue weighted by molar-refractivity contribution is 5.27. The van der Waals surface area contributed by atoms with E-state index in [0.717, 1.165) is 25.3 Å². The maximum Gasteiger partial charge on any atom is 0.0662 e. The van der Waals surface area contributed by atoms with Crippen LogP contribution < -0.4 is 5.32 Å². The number of hydrogen-bond acceptors (Lipinski definition) is 2. The standard InChI is InChI=1S/C15H21N3/c1-3-9-16-11-14-6-4-5-7-15(14)12-18-10-8-13(2)17-18/h4-8,10,16H,3,9,11-12H2,1-2H3. The molecule has 0 aliphatic carbocycles. The molecule has 0 unspecified atom stereocenters. The topological polar surface area (TPSA) is 29.9 Å². The quantitative estimate of drug-likeness (QED) is 0.791. The summed E-state index contributed by atoms with van der Waals surface area (Å²) in [6, 6.07) is 10.6. The molecule has 2 rings (SSSR count). The highest BCUT2D eigenvalue weighted by Crippen LogP contribution is 2.10.